The van der Waals surface area contributed by atoms with Crippen molar-refractivity contribution in [1.82, 2.24) is 20.1 Å². The van der Waals surface area contributed by atoms with Gasteiger partial charge in [-0.05, 0) is 36.6 Å². The summed E-state index contributed by atoms with van der Waals surface area (Å²) in [6, 6.07) is 13.5. The molecule has 1 amide bonds. The van der Waals surface area contributed by atoms with Crippen molar-refractivity contribution in [2.24, 2.45) is 0 Å². The van der Waals surface area contributed by atoms with Crippen LogP contribution in [-0.2, 0) is 12.7 Å². The molecule has 1 aromatic heterocycles. The highest BCUT2D eigenvalue weighted by molar-refractivity contribution is 7.98. The molecule has 0 spiro atoms. The zero-order chi connectivity index (χ0) is 19.4. The summed E-state index contributed by atoms with van der Waals surface area (Å²) < 4.78 is 40.6. The summed E-state index contributed by atoms with van der Waals surface area (Å²) in [5.74, 6) is 0.0304. The summed E-state index contributed by atoms with van der Waals surface area (Å²) in [7, 11) is 0. The highest BCUT2D eigenvalue weighted by Gasteiger charge is 2.31. The number of halogens is 3. The van der Waals surface area contributed by atoms with Crippen LogP contribution < -0.4 is 5.32 Å². The Bertz CT molecular complexity index is 941. The highest BCUT2D eigenvalue weighted by atomic mass is 32.2. The smallest absolute Gasteiger partial charge is 0.345 e. The third-order valence-electron chi connectivity index (χ3n) is 3.76. The molecule has 3 aromatic rings. The fourth-order valence-electron chi connectivity index (χ4n) is 2.48. The molecule has 5 nitrogen and oxygen atoms in total. The second kappa shape index (κ2) is 7.83. The maximum absolute atomic E-state index is 13.0. The average Bonchev–Trinajstić information content (AvgIpc) is 3.09. The Morgan fingerprint density at radius 3 is 2.52 bits per heavy atom. The van der Waals surface area contributed by atoms with Crippen LogP contribution in [0.15, 0.2) is 59.8 Å². The lowest BCUT2D eigenvalue weighted by molar-refractivity contribution is -0.137. The zero-order valence-electron chi connectivity index (χ0n) is 14.2. The van der Waals surface area contributed by atoms with Crippen molar-refractivity contribution in [3.8, 4) is 5.69 Å². The predicted molar refractivity (Wildman–Crippen MR) is 95.8 cm³/mol. The molecule has 0 unspecified atom stereocenters. The van der Waals surface area contributed by atoms with E-state index in [0.717, 1.165) is 12.1 Å². The molecule has 140 valence electrons. The standard InChI is InChI=1S/C18H15F3N4OS/c1-27-17-24-23-15(11-22-16(26)12-6-3-2-4-7-12)25(17)14-9-5-8-13(10-14)18(19,20)21/h2-10H,11H2,1H3,(H,22,26). The van der Waals surface area contributed by atoms with Crippen LogP contribution in [0.4, 0.5) is 13.2 Å². The Balaban J connectivity index is 1.89. The zero-order valence-corrected chi connectivity index (χ0v) is 15.0. The summed E-state index contributed by atoms with van der Waals surface area (Å²) in [5.41, 5.74) is -0.00381. The number of nitrogens with zero attached hydrogens (tertiary/aromatic N) is 3. The number of rotatable bonds is 5. The molecule has 0 aliphatic heterocycles. The summed E-state index contributed by atoms with van der Waals surface area (Å²) in [4.78, 5) is 12.2. The van der Waals surface area contributed by atoms with Crippen molar-refractivity contribution in [2.75, 3.05) is 6.26 Å². The average molecular weight is 392 g/mol. The quantitative estimate of drug-likeness (QED) is 0.669. The molecule has 0 bridgehead atoms. The van der Waals surface area contributed by atoms with Crippen LogP contribution in [0.2, 0.25) is 0 Å². The summed E-state index contributed by atoms with van der Waals surface area (Å²) in [6.45, 7) is 0.0253. The molecule has 3 rings (SSSR count). The van der Waals surface area contributed by atoms with Crippen molar-refractivity contribution in [2.45, 2.75) is 17.9 Å². The molecule has 0 saturated heterocycles. The number of amides is 1. The van der Waals surface area contributed by atoms with E-state index in [1.807, 2.05) is 0 Å². The Kier molecular flexibility index (Phi) is 5.50. The Morgan fingerprint density at radius 2 is 1.85 bits per heavy atom. The van der Waals surface area contributed by atoms with Gasteiger partial charge in [-0.2, -0.15) is 13.2 Å². The largest absolute Gasteiger partial charge is 0.416 e. The maximum atomic E-state index is 13.0. The molecule has 27 heavy (non-hydrogen) atoms. The maximum Gasteiger partial charge on any atom is 0.416 e. The van der Waals surface area contributed by atoms with Crippen molar-refractivity contribution in [3.63, 3.8) is 0 Å². The van der Waals surface area contributed by atoms with Gasteiger partial charge >= 0.3 is 6.18 Å². The van der Waals surface area contributed by atoms with E-state index in [1.165, 1.54) is 22.4 Å². The van der Waals surface area contributed by atoms with E-state index in [1.54, 1.807) is 42.7 Å². The van der Waals surface area contributed by atoms with Gasteiger partial charge in [-0.3, -0.25) is 9.36 Å². The van der Waals surface area contributed by atoms with Crippen molar-refractivity contribution < 1.29 is 18.0 Å². The minimum atomic E-state index is -4.45. The molecule has 1 heterocycles. The molecule has 0 aliphatic rings. The molecule has 1 N–H and O–H groups in total. The lowest BCUT2D eigenvalue weighted by atomic mass is 10.2. The topological polar surface area (TPSA) is 59.8 Å². The Hall–Kier alpha value is -2.81. The first-order valence-corrected chi connectivity index (χ1v) is 9.12. The molecular weight excluding hydrogens is 377 g/mol. The van der Waals surface area contributed by atoms with Crippen molar-refractivity contribution in [1.29, 1.82) is 0 Å². The van der Waals surface area contributed by atoms with Gasteiger partial charge in [0.25, 0.3) is 5.91 Å². The summed E-state index contributed by atoms with van der Waals surface area (Å²) in [6.07, 6.45) is -2.70. The first-order valence-electron chi connectivity index (χ1n) is 7.89. The van der Waals surface area contributed by atoms with Gasteiger partial charge in [0.15, 0.2) is 11.0 Å². The monoisotopic (exact) mass is 392 g/mol. The fraction of sp³-hybridized carbons (Fsp3) is 0.167. The molecule has 0 radical (unpaired) electrons. The van der Waals surface area contributed by atoms with E-state index in [-0.39, 0.29) is 18.1 Å². The SMILES string of the molecule is CSc1nnc(CNC(=O)c2ccccc2)n1-c1cccc(C(F)(F)F)c1. The number of aromatic nitrogens is 3. The second-order valence-electron chi connectivity index (χ2n) is 5.54. The normalized spacial score (nSPS) is 11.4. The van der Waals surface area contributed by atoms with Gasteiger partial charge in [0.05, 0.1) is 17.8 Å². The van der Waals surface area contributed by atoms with Crippen LogP contribution in [-0.4, -0.2) is 26.9 Å². The van der Waals surface area contributed by atoms with Crippen LogP contribution in [0.5, 0.6) is 0 Å². The van der Waals surface area contributed by atoms with Gasteiger partial charge in [0.2, 0.25) is 0 Å². The van der Waals surface area contributed by atoms with Crippen LogP contribution in [0.25, 0.3) is 5.69 Å². The number of alkyl halides is 3. The molecule has 0 atom stereocenters. The second-order valence-corrected chi connectivity index (χ2v) is 6.31. The molecule has 0 fully saturated rings. The number of carbonyl (C=O) groups is 1. The first kappa shape index (κ1) is 19.0. The van der Waals surface area contributed by atoms with Gasteiger partial charge < -0.3 is 5.32 Å². The van der Waals surface area contributed by atoms with Crippen molar-refractivity contribution in [3.05, 3.63) is 71.5 Å². The van der Waals surface area contributed by atoms with E-state index in [9.17, 15) is 18.0 Å². The molecular formula is C18H15F3N4OS. The number of hydrogen-bond donors (Lipinski definition) is 1. The number of thioether (sulfide) groups is 1. The van der Waals surface area contributed by atoms with E-state index >= 15 is 0 Å². The van der Waals surface area contributed by atoms with Crippen LogP contribution in [0.3, 0.4) is 0 Å². The highest BCUT2D eigenvalue weighted by Crippen LogP contribution is 2.31. The number of benzene rings is 2. The number of nitrogens with one attached hydrogen (secondary N) is 1. The van der Waals surface area contributed by atoms with Crippen molar-refractivity contribution >= 4 is 17.7 Å². The van der Waals surface area contributed by atoms with Crippen LogP contribution in [0.1, 0.15) is 21.7 Å². The van der Waals surface area contributed by atoms with Gasteiger partial charge in [0.1, 0.15) is 0 Å². The minimum Gasteiger partial charge on any atom is -0.345 e. The third-order valence-corrected chi connectivity index (χ3v) is 4.39. The molecule has 0 saturated carbocycles. The Labute approximate surface area is 157 Å². The van der Waals surface area contributed by atoms with Gasteiger partial charge in [0, 0.05) is 5.56 Å². The summed E-state index contributed by atoms with van der Waals surface area (Å²) >= 11 is 1.25. The minimum absolute atomic E-state index is 0.0253. The van der Waals surface area contributed by atoms with Gasteiger partial charge in [-0.1, -0.05) is 36.0 Å². The lowest BCUT2D eigenvalue weighted by Crippen LogP contribution is -2.24. The first-order chi connectivity index (χ1) is 12.9. The van der Waals surface area contributed by atoms with Gasteiger partial charge in [-0.25, -0.2) is 0 Å². The van der Waals surface area contributed by atoms with E-state index in [2.05, 4.69) is 15.5 Å². The molecule has 9 heteroatoms. The number of hydrogen-bond acceptors (Lipinski definition) is 4. The van der Waals surface area contributed by atoms with Gasteiger partial charge in [-0.15, -0.1) is 10.2 Å². The van der Waals surface area contributed by atoms with Crippen LogP contribution >= 0.6 is 11.8 Å². The van der Waals surface area contributed by atoms with Crippen LogP contribution in [0, 0.1) is 0 Å². The number of carbonyl (C=O) groups excluding carboxylic acids is 1. The van der Waals surface area contributed by atoms with E-state index in [0.29, 0.717) is 16.5 Å². The predicted octanol–water partition coefficient (Wildman–Crippen LogP) is 3.94. The molecule has 0 aliphatic carbocycles. The third kappa shape index (κ3) is 4.30. The summed E-state index contributed by atoms with van der Waals surface area (Å²) in [5, 5.41) is 11.2. The Morgan fingerprint density at radius 1 is 1.11 bits per heavy atom. The molecule has 2 aromatic carbocycles. The lowest BCUT2D eigenvalue weighted by Gasteiger charge is -2.13. The van der Waals surface area contributed by atoms with E-state index in [4.69, 9.17) is 0 Å². The fourth-order valence-corrected chi connectivity index (χ4v) is 2.99. The van der Waals surface area contributed by atoms with E-state index < -0.39 is 11.7 Å².